The minimum atomic E-state index is -0.374. The highest BCUT2D eigenvalue weighted by atomic mass is 35.5. The van der Waals surface area contributed by atoms with E-state index in [1.54, 1.807) is 11.8 Å². The van der Waals surface area contributed by atoms with Gasteiger partial charge in [-0.15, -0.1) is 23.4 Å². The van der Waals surface area contributed by atoms with Gasteiger partial charge in [0.1, 0.15) is 10.8 Å². The minimum absolute atomic E-state index is 0.110. The molecular formula is C15H19Cl2NO2S. The van der Waals surface area contributed by atoms with Crippen LogP contribution in [-0.4, -0.2) is 22.6 Å². The number of thioether (sulfide) groups is 1. The predicted molar refractivity (Wildman–Crippen MR) is 90.8 cm³/mol. The van der Waals surface area contributed by atoms with E-state index in [1.165, 1.54) is 0 Å². The standard InChI is InChI=1S/C15H19Cl2NO2S/c1-10(2)19-13-6-12(17)5-4-11(13)8-21-14-7-15(3,9-16)20-18-14/h4-6,10H,7-9H2,1-3H3. The van der Waals surface area contributed by atoms with Crippen LogP contribution in [0.4, 0.5) is 0 Å². The molecule has 6 heteroatoms. The fourth-order valence-corrected chi connectivity index (χ4v) is 3.23. The lowest BCUT2D eigenvalue weighted by molar-refractivity contribution is 0.0152. The molecule has 0 aromatic heterocycles. The summed E-state index contributed by atoms with van der Waals surface area (Å²) in [5, 5.41) is 5.75. The number of nitrogens with zero attached hydrogens (tertiary/aromatic N) is 1. The summed E-state index contributed by atoms with van der Waals surface area (Å²) in [7, 11) is 0. The third kappa shape index (κ3) is 4.70. The van der Waals surface area contributed by atoms with Crippen molar-refractivity contribution in [2.45, 2.75) is 44.6 Å². The number of hydrogen-bond donors (Lipinski definition) is 0. The molecule has 116 valence electrons. The van der Waals surface area contributed by atoms with E-state index in [1.807, 2.05) is 39.0 Å². The molecule has 1 heterocycles. The Bertz CT molecular complexity index is 536. The summed E-state index contributed by atoms with van der Waals surface area (Å²) in [6, 6.07) is 5.72. The number of alkyl halides is 1. The van der Waals surface area contributed by atoms with Gasteiger partial charge in [-0.2, -0.15) is 0 Å². The van der Waals surface area contributed by atoms with E-state index in [2.05, 4.69) is 5.16 Å². The van der Waals surface area contributed by atoms with Gasteiger partial charge in [-0.1, -0.05) is 22.8 Å². The highest BCUT2D eigenvalue weighted by molar-refractivity contribution is 8.13. The number of ether oxygens (including phenoxy) is 1. The second-order valence-corrected chi connectivity index (χ2v) is 7.30. The quantitative estimate of drug-likeness (QED) is 0.695. The van der Waals surface area contributed by atoms with Crippen molar-refractivity contribution < 1.29 is 9.57 Å². The van der Waals surface area contributed by atoms with E-state index in [4.69, 9.17) is 32.8 Å². The summed E-state index contributed by atoms with van der Waals surface area (Å²) in [4.78, 5) is 5.39. The molecule has 1 aliphatic heterocycles. The summed E-state index contributed by atoms with van der Waals surface area (Å²) >= 11 is 13.6. The maximum Gasteiger partial charge on any atom is 0.154 e. The van der Waals surface area contributed by atoms with Gasteiger partial charge in [0.2, 0.25) is 0 Å². The molecule has 1 aromatic rings. The highest BCUT2D eigenvalue weighted by Gasteiger charge is 2.33. The number of rotatable bonds is 5. The Labute approximate surface area is 140 Å². The highest BCUT2D eigenvalue weighted by Crippen LogP contribution is 2.33. The van der Waals surface area contributed by atoms with Crippen LogP contribution in [0.5, 0.6) is 5.75 Å². The number of halogens is 2. The van der Waals surface area contributed by atoms with Crippen molar-refractivity contribution in [2.75, 3.05) is 5.88 Å². The summed E-state index contributed by atoms with van der Waals surface area (Å²) in [5.41, 5.74) is 0.724. The Kier molecular flexibility index (Phi) is 5.69. The van der Waals surface area contributed by atoms with Gasteiger partial charge in [-0.25, -0.2) is 0 Å². The van der Waals surface area contributed by atoms with Crippen molar-refractivity contribution in [3.8, 4) is 5.75 Å². The van der Waals surface area contributed by atoms with Crippen LogP contribution in [0.3, 0.4) is 0 Å². The zero-order chi connectivity index (χ0) is 15.5. The van der Waals surface area contributed by atoms with Crippen molar-refractivity contribution in [3.63, 3.8) is 0 Å². The lowest BCUT2D eigenvalue weighted by Crippen LogP contribution is -2.26. The maximum absolute atomic E-state index is 6.04. The first-order chi connectivity index (χ1) is 9.92. The zero-order valence-corrected chi connectivity index (χ0v) is 14.7. The molecule has 0 radical (unpaired) electrons. The second kappa shape index (κ2) is 7.12. The van der Waals surface area contributed by atoms with Crippen molar-refractivity contribution in [1.82, 2.24) is 0 Å². The largest absolute Gasteiger partial charge is 0.491 e. The fourth-order valence-electron chi connectivity index (χ4n) is 1.87. The van der Waals surface area contributed by atoms with Crippen molar-refractivity contribution in [1.29, 1.82) is 0 Å². The molecule has 1 atom stereocenters. The molecule has 0 fully saturated rings. The van der Waals surface area contributed by atoms with Gasteiger partial charge in [-0.05, 0) is 32.9 Å². The Morgan fingerprint density at radius 2 is 2.24 bits per heavy atom. The third-order valence-corrected chi connectivity index (χ3v) is 4.77. The van der Waals surface area contributed by atoms with Crippen LogP contribution in [0, 0.1) is 0 Å². The average molecular weight is 348 g/mol. The lowest BCUT2D eigenvalue weighted by Gasteiger charge is -2.17. The van der Waals surface area contributed by atoms with E-state index in [9.17, 15) is 0 Å². The van der Waals surface area contributed by atoms with Crippen molar-refractivity contribution in [3.05, 3.63) is 28.8 Å². The molecule has 0 bridgehead atoms. The van der Waals surface area contributed by atoms with E-state index in [0.29, 0.717) is 10.9 Å². The van der Waals surface area contributed by atoms with Crippen molar-refractivity contribution >= 4 is 40.0 Å². The van der Waals surface area contributed by atoms with Crippen LogP contribution < -0.4 is 4.74 Å². The van der Waals surface area contributed by atoms with Crippen LogP contribution in [0.25, 0.3) is 0 Å². The smallest absolute Gasteiger partial charge is 0.154 e. The molecule has 0 saturated heterocycles. The molecular weight excluding hydrogens is 329 g/mol. The van der Waals surface area contributed by atoms with E-state index >= 15 is 0 Å². The maximum atomic E-state index is 6.04. The molecule has 1 unspecified atom stereocenters. The first-order valence-corrected chi connectivity index (χ1v) is 8.70. The Hall–Kier alpha value is -0.580. The van der Waals surface area contributed by atoms with Crippen LogP contribution in [0.1, 0.15) is 32.8 Å². The summed E-state index contributed by atoms with van der Waals surface area (Å²) in [6.45, 7) is 5.96. The summed E-state index contributed by atoms with van der Waals surface area (Å²) < 4.78 is 5.81. The van der Waals surface area contributed by atoms with Crippen LogP contribution in [0.15, 0.2) is 23.4 Å². The molecule has 21 heavy (non-hydrogen) atoms. The molecule has 2 rings (SSSR count). The van der Waals surface area contributed by atoms with Crippen LogP contribution in [-0.2, 0) is 10.6 Å². The Morgan fingerprint density at radius 3 is 2.86 bits per heavy atom. The molecule has 0 saturated carbocycles. The van der Waals surface area contributed by atoms with E-state index < -0.39 is 0 Å². The van der Waals surface area contributed by atoms with Crippen molar-refractivity contribution in [2.24, 2.45) is 5.16 Å². The minimum Gasteiger partial charge on any atom is -0.491 e. The molecule has 0 amide bonds. The lowest BCUT2D eigenvalue weighted by atomic mass is 10.1. The van der Waals surface area contributed by atoms with E-state index in [-0.39, 0.29) is 11.7 Å². The monoisotopic (exact) mass is 347 g/mol. The van der Waals surface area contributed by atoms with Gasteiger partial charge in [0, 0.05) is 22.8 Å². The first kappa shape index (κ1) is 16.8. The molecule has 0 spiro atoms. The van der Waals surface area contributed by atoms with Crippen LogP contribution in [0.2, 0.25) is 5.02 Å². The fraction of sp³-hybridized carbons (Fsp3) is 0.533. The Balaban J connectivity index is 2.00. The number of oxime groups is 1. The molecule has 3 nitrogen and oxygen atoms in total. The molecule has 0 aliphatic carbocycles. The van der Waals surface area contributed by atoms with Gasteiger partial charge >= 0.3 is 0 Å². The topological polar surface area (TPSA) is 30.8 Å². The van der Waals surface area contributed by atoms with E-state index in [0.717, 1.165) is 28.5 Å². The number of benzene rings is 1. The predicted octanol–water partition coefficient (Wildman–Crippen LogP) is 5.09. The van der Waals surface area contributed by atoms with Gasteiger partial charge in [0.25, 0.3) is 0 Å². The third-order valence-electron chi connectivity index (χ3n) is 2.96. The van der Waals surface area contributed by atoms with Gasteiger partial charge in [-0.3, -0.25) is 0 Å². The zero-order valence-electron chi connectivity index (χ0n) is 12.4. The normalized spacial score (nSPS) is 21.3. The number of hydrogen-bond acceptors (Lipinski definition) is 4. The second-order valence-electron chi connectivity index (χ2n) is 5.54. The molecule has 1 aromatic carbocycles. The summed E-state index contributed by atoms with van der Waals surface area (Å²) in [6.07, 6.45) is 0.855. The first-order valence-electron chi connectivity index (χ1n) is 6.81. The van der Waals surface area contributed by atoms with Gasteiger partial charge in [0.15, 0.2) is 5.60 Å². The summed E-state index contributed by atoms with van der Waals surface area (Å²) in [5.74, 6) is 2.02. The van der Waals surface area contributed by atoms with Gasteiger partial charge < -0.3 is 9.57 Å². The molecule has 0 N–H and O–H groups in total. The SMILES string of the molecule is CC(C)Oc1cc(Cl)ccc1CSC1=NOC(C)(CCl)C1. The Morgan fingerprint density at radius 1 is 1.48 bits per heavy atom. The average Bonchev–Trinajstić information content (AvgIpc) is 2.80. The van der Waals surface area contributed by atoms with Crippen LogP contribution >= 0.6 is 35.0 Å². The molecule has 1 aliphatic rings. The van der Waals surface area contributed by atoms with Gasteiger partial charge in [0.05, 0.1) is 12.0 Å².